The predicted octanol–water partition coefficient (Wildman–Crippen LogP) is 3.96. The normalized spacial score (nSPS) is 10.9. The molecule has 0 saturated heterocycles. The van der Waals surface area contributed by atoms with Crippen LogP contribution in [-0.2, 0) is 11.2 Å². The Hall–Kier alpha value is -1.90. The van der Waals surface area contributed by atoms with E-state index in [9.17, 15) is 4.79 Å². The van der Waals surface area contributed by atoms with Gasteiger partial charge in [0.15, 0.2) is 0 Å². The molecule has 0 unspecified atom stereocenters. The zero-order valence-corrected chi connectivity index (χ0v) is 12.4. The second kappa shape index (κ2) is 10.1. The predicted molar refractivity (Wildman–Crippen MR) is 79.2 cm³/mol. The van der Waals surface area contributed by atoms with Gasteiger partial charge in [-0.25, -0.2) is 4.79 Å². The molecule has 1 rings (SSSR count). The van der Waals surface area contributed by atoms with Crippen molar-refractivity contribution < 1.29 is 9.53 Å². The van der Waals surface area contributed by atoms with Crippen molar-refractivity contribution in [3.05, 3.63) is 53.4 Å². The number of carbonyl (C=O) groups is 1. The standard InChI is InChI=1S/C14H17NO2.C2H6/c1-4-6-11(5-2)9-12-10-15-8-7-13(12)14(16)17-3;1-2/h4-8,10H,9H2,1-3H3;1-2H3/b6-4-,11-5+;. The number of ether oxygens (including phenoxy) is 1. The average molecular weight is 261 g/mol. The molecule has 0 fully saturated rings. The molecule has 0 aliphatic carbocycles. The zero-order chi connectivity index (χ0) is 14.7. The van der Waals surface area contributed by atoms with Crippen LogP contribution in [-0.4, -0.2) is 18.1 Å². The van der Waals surface area contributed by atoms with Crippen molar-refractivity contribution in [1.82, 2.24) is 4.98 Å². The van der Waals surface area contributed by atoms with Crippen LogP contribution in [0.2, 0.25) is 0 Å². The van der Waals surface area contributed by atoms with Gasteiger partial charge in [-0.3, -0.25) is 4.98 Å². The Labute approximate surface area is 116 Å². The van der Waals surface area contributed by atoms with Gasteiger partial charge in [-0.1, -0.05) is 32.1 Å². The lowest BCUT2D eigenvalue weighted by Crippen LogP contribution is -2.06. The molecule has 0 saturated carbocycles. The topological polar surface area (TPSA) is 39.2 Å². The molecule has 3 heteroatoms. The van der Waals surface area contributed by atoms with Crippen LogP contribution < -0.4 is 0 Å². The van der Waals surface area contributed by atoms with E-state index >= 15 is 0 Å². The third-order valence-electron chi connectivity index (χ3n) is 2.46. The molecule has 1 aromatic heterocycles. The van der Waals surface area contributed by atoms with Crippen LogP contribution in [0.1, 0.15) is 43.6 Å². The largest absolute Gasteiger partial charge is 0.465 e. The molecule has 0 atom stereocenters. The Morgan fingerprint density at radius 1 is 1.37 bits per heavy atom. The average Bonchev–Trinajstić information content (AvgIpc) is 2.48. The van der Waals surface area contributed by atoms with Gasteiger partial charge in [-0.2, -0.15) is 0 Å². The van der Waals surface area contributed by atoms with Crippen LogP contribution in [0.4, 0.5) is 0 Å². The zero-order valence-electron chi connectivity index (χ0n) is 12.4. The van der Waals surface area contributed by atoms with E-state index in [1.807, 2.05) is 45.9 Å². The molecule has 0 aliphatic heterocycles. The van der Waals surface area contributed by atoms with Gasteiger partial charge in [0.05, 0.1) is 12.7 Å². The number of pyridine rings is 1. The first-order valence-corrected chi connectivity index (χ1v) is 6.52. The molecule has 1 heterocycles. The van der Waals surface area contributed by atoms with Gasteiger partial charge >= 0.3 is 5.97 Å². The number of rotatable bonds is 4. The first kappa shape index (κ1) is 17.1. The minimum atomic E-state index is -0.321. The molecular formula is C16H23NO2. The van der Waals surface area contributed by atoms with E-state index in [4.69, 9.17) is 4.74 Å². The summed E-state index contributed by atoms with van der Waals surface area (Å²) in [5, 5.41) is 0. The van der Waals surface area contributed by atoms with Crippen molar-refractivity contribution in [3.8, 4) is 0 Å². The Kier molecular flexibility index (Phi) is 9.06. The SMILES string of the molecule is C/C=C\C(=C/C)Cc1cnccc1C(=O)OC.CC. The molecule has 0 spiro atoms. The molecule has 3 nitrogen and oxygen atoms in total. The summed E-state index contributed by atoms with van der Waals surface area (Å²) in [6, 6.07) is 1.68. The summed E-state index contributed by atoms with van der Waals surface area (Å²) in [4.78, 5) is 15.6. The monoisotopic (exact) mass is 261 g/mol. The first-order chi connectivity index (χ1) is 9.22. The van der Waals surface area contributed by atoms with E-state index < -0.39 is 0 Å². The number of nitrogens with zero attached hydrogens (tertiary/aromatic N) is 1. The Morgan fingerprint density at radius 2 is 2.05 bits per heavy atom. The van der Waals surface area contributed by atoms with Gasteiger partial charge in [-0.05, 0) is 37.5 Å². The number of methoxy groups -OCH3 is 1. The highest BCUT2D eigenvalue weighted by Gasteiger charge is 2.11. The Bertz CT molecular complexity index is 448. The summed E-state index contributed by atoms with van der Waals surface area (Å²) in [7, 11) is 1.38. The number of hydrogen-bond acceptors (Lipinski definition) is 3. The minimum absolute atomic E-state index is 0.321. The van der Waals surface area contributed by atoms with E-state index in [0.717, 1.165) is 11.1 Å². The molecule has 0 N–H and O–H groups in total. The smallest absolute Gasteiger partial charge is 0.338 e. The number of allylic oxidation sites excluding steroid dienone is 4. The van der Waals surface area contributed by atoms with Crippen molar-refractivity contribution in [2.24, 2.45) is 0 Å². The molecule has 104 valence electrons. The van der Waals surface area contributed by atoms with Gasteiger partial charge in [-0.15, -0.1) is 0 Å². The minimum Gasteiger partial charge on any atom is -0.465 e. The lowest BCUT2D eigenvalue weighted by Gasteiger charge is -2.07. The van der Waals surface area contributed by atoms with Gasteiger partial charge in [0.1, 0.15) is 0 Å². The maximum atomic E-state index is 11.6. The second-order valence-electron chi connectivity index (χ2n) is 3.56. The van der Waals surface area contributed by atoms with Gasteiger partial charge in [0, 0.05) is 12.4 Å². The molecule has 0 bridgehead atoms. The maximum absolute atomic E-state index is 11.6. The van der Waals surface area contributed by atoms with Crippen LogP contribution in [0.5, 0.6) is 0 Å². The lowest BCUT2D eigenvalue weighted by atomic mass is 10.0. The highest BCUT2D eigenvalue weighted by atomic mass is 16.5. The summed E-state index contributed by atoms with van der Waals surface area (Å²) >= 11 is 0. The van der Waals surface area contributed by atoms with Crippen LogP contribution >= 0.6 is 0 Å². The van der Waals surface area contributed by atoms with Gasteiger partial charge < -0.3 is 4.74 Å². The lowest BCUT2D eigenvalue weighted by molar-refractivity contribution is 0.0599. The first-order valence-electron chi connectivity index (χ1n) is 6.52. The van der Waals surface area contributed by atoms with Crippen LogP contribution in [0.3, 0.4) is 0 Å². The van der Waals surface area contributed by atoms with Crippen molar-refractivity contribution in [2.45, 2.75) is 34.1 Å². The van der Waals surface area contributed by atoms with E-state index in [-0.39, 0.29) is 5.97 Å². The Morgan fingerprint density at radius 3 is 2.58 bits per heavy atom. The van der Waals surface area contributed by atoms with Crippen LogP contribution in [0.15, 0.2) is 42.3 Å². The Balaban J connectivity index is 0.00000154. The third kappa shape index (κ3) is 5.51. The van der Waals surface area contributed by atoms with Crippen molar-refractivity contribution >= 4 is 5.97 Å². The summed E-state index contributed by atoms with van der Waals surface area (Å²) in [5.41, 5.74) is 2.60. The number of esters is 1. The third-order valence-corrected chi connectivity index (χ3v) is 2.46. The molecule has 0 aromatic carbocycles. The van der Waals surface area contributed by atoms with Gasteiger partial charge in [0.25, 0.3) is 0 Å². The van der Waals surface area contributed by atoms with Gasteiger partial charge in [0.2, 0.25) is 0 Å². The van der Waals surface area contributed by atoms with Crippen molar-refractivity contribution in [1.29, 1.82) is 0 Å². The summed E-state index contributed by atoms with van der Waals surface area (Å²) in [5.74, 6) is -0.321. The van der Waals surface area contributed by atoms with E-state index in [2.05, 4.69) is 4.98 Å². The fraction of sp³-hybridized carbons (Fsp3) is 0.375. The molecule has 0 radical (unpaired) electrons. The molecule has 1 aromatic rings. The summed E-state index contributed by atoms with van der Waals surface area (Å²) < 4.78 is 4.75. The quantitative estimate of drug-likeness (QED) is 0.608. The van der Waals surface area contributed by atoms with Crippen LogP contribution in [0, 0.1) is 0 Å². The summed E-state index contributed by atoms with van der Waals surface area (Å²) in [6.07, 6.45) is 10.0. The highest BCUT2D eigenvalue weighted by molar-refractivity contribution is 5.90. The fourth-order valence-corrected chi connectivity index (χ4v) is 1.57. The summed E-state index contributed by atoms with van der Waals surface area (Å²) in [6.45, 7) is 7.94. The number of carbonyl (C=O) groups excluding carboxylic acids is 1. The maximum Gasteiger partial charge on any atom is 0.338 e. The van der Waals surface area contributed by atoms with Crippen molar-refractivity contribution in [2.75, 3.05) is 7.11 Å². The van der Waals surface area contributed by atoms with Crippen molar-refractivity contribution in [3.63, 3.8) is 0 Å². The highest BCUT2D eigenvalue weighted by Crippen LogP contribution is 2.14. The van der Waals surface area contributed by atoms with E-state index in [1.165, 1.54) is 7.11 Å². The molecule has 0 aliphatic rings. The molecule has 19 heavy (non-hydrogen) atoms. The molecule has 0 amide bonds. The van der Waals surface area contributed by atoms with Crippen LogP contribution in [0.25, 0.3) is 0 Å². The number of hydrogen-bond donors (Lipinski definition) is 0. The van der Waals surface area contributed by atoms with E-state index in [1.54, 1.807) is 18.5 Å². The second-order valence-corrected chi connectivity index (χ2v) is 3.56. The fourth-order valence-electron chi connectivity index (χ4n) is 1.57. The number of aromatic nitrogens is 1. The molecular weight excluding hydrogens is 238 g/mol. The van der Waals surface area contributed by atoms with E-state index in [0.29, 0.717) is 12.0 Å².